The van der Waals surface area contributed by atoms with E-state index in [4.69, 9.17) is 9.47 Å². The van der Waals surface area contributed by atoms with Gasteiger partial charge >= 0.3 is 0 Å². The van der Waals surface area contributed by atoms with Gasteiger partial charge in [-0.05, 0) is 43.9 Å². The van der Waals surface area contributed by atoms with E-state index in [1.54, 1.807) is 0 Å². The predicted molar refractivity (Wildman–Crippen MR) is 106 cm³/mol. The Bertz CT molecular complexity index is 1070. The quantitative estimate of drug-likeness (QED) is 0.435. The number of carbonyl (C=O) groups is 2. The molecule has 2 aromatic rings. The molecule has 3 saturated heterocycles. The first-order valence-electron chi connectivity index (χ1n) is 9.91. The molecule has 3 fully saturated rings. The Kier molecular flexibility index (Phi) is 4.14. The van der Waals surface area contributed by atoms with Crippen molar-refractivity contribution in [2.24, 2.45) is 11.8 Å². The van der Waals surface area contributed by atoms with Crippen molar-refractivity contribution in [2.45, 2.75) is 38.9 Å². The summed E-state index contributed by atoms with van der Waals surface area (Å²) in [7, 11) is 0. The molecule has 2 aromatic carbocycles. The van der Waals surface area contributed by atoms with Crippen molar-refractivity contribution in [3.63, 3.8) is 0 Å². The highest BCUT2D eigenvalue weighted by molar-refractivity contribution is 6.23. The number of non-ortho nitro benzene ring substituents is 1. The van der Waals surface area contributed by atoms with Crippen LogP contribution in [0, 0.1) is 35.8 Å². The maximum absolute atomic E-state index is 13.1. The molecule has 4 atom stereocenters. The zero-order valence-electron chi connectivity index (χ0n) is 16.5. The first-order valence-corrected chi connectivity index (χ1v) is 9.91. The van der Waals surface area contributed by atoms with Gasteiger partial charge in [-0.25, -0.2) is 4.90 Å². The van der Waals surface area contributed by atoms with Gasteiger partial charge < -0.3 is 9.47 Å². The van der Waals surface area contributed by atoms with Crippen LogP contribution in [0.3, 0.4) is 0 Å². The second-order valence-electron chi connectivity index (χ2n) is 8.17. The van der Waals surface area contributed by atoms with Gasteiger partial charge in [0, 0.05) is 12.1 Å². The Balaban J connectivity index is 1.54. The van der Waals surface area contributed by atoms with Crippen molar-refractivity contribution >= 4 is 23.2 Å². The first-order chi connectivity index (χ1) is 14.3. The fourth-order valence-corrected chi connectivity index (χ4v) is 4.77. The number of nitro groups is 1. The Morgan fingerprint density at radius 3 is 2.33 bits per heavy atom. The van der Waals surface area contributed by atoms with Crippen LogP contribution in [-0.2, 0) is 14.3 Å². The van der Waals surface area contributed by atoms with E-state index in [9.17, 15) is 19.7 Å². The molecule has 5 rings (SSSR count). The molecule has 2 amide bonds. The summed E-state index contributed by atoms with van der Waals surface area (Å²) < 4.78 is 11.7. The van der Waals surface area contributed by atoms with Crippen LogP contribution in [0.1, 0.15) is 24.0 Å². The van der Waals surface area contributed by atoms with Crippen LogP contribution < -0.4 is 9.64 Å². The zero-order chi connectivity index (χ0) is 21.2. The van der Waals surface area contributed by atoms with E-state index in [1.165, 1.54) is 18.2 Å². The van der Waals surface area contributed by atoms with Crippen LogP contribution in [0.5, 0.6) is 11.5 Å². The van der Waals surface area contributed by atoms with Crippen LogP contribution in [0.25, 0.3) is 0 Å². The molecule has 8 nitrogen and oxygen atoms in total. The molecule has 0 spiro atoms. The minimum atomic E-state index is -0.557. The number of benzene rings is 2. The third-order valence-corrected chi connectivity index (χ3v) is 6.20. The van der Waals surface area contributed by atoms with E-state index in [0.717, 1.165) is 28.9 Å². The highest BCUT2D eigenvalue weighted by Crippen LogP contribution is 2.50. The Labute approximate surface area is 172 Å². The van der Waals surface area contributed by atoms with Crippen molar-refractivity contribution < 1.29 is 24.0 Å². The summed E-state index contributed by atoms with van der Waals surface area (Å²) in [6.45, 7) is 3.79. The molecular formula is C22H20N2O6. The maximum atomic E-state index is 13.1. The SMILES string of the molecule is Cc1ccc(C)c(Oc2cc(N3C(=O)[C@@H]4[C@H](C3=O)[C@H]3CC[C@H]4O3)cc([N+](=O)[O-])c2)c1. The molecule has 0 aromatic heterocycles. The molecule has 3 heterocycles. The second-order valence-corrected chi connectivity index (χ2v) is 8.17. The van der Waals surface area contributed by atoms with Gasteiger partial charge in [-0.2, -0.15) is 0 Å². The molecule has 8 heteroatoms. The summed E-state index contributed by atoms with van der Waals surface area (Å²) in [6.07, 6.45) is 1.03. The average Bonchev–Trinajstić information content (AvgIpc) is 3.38. The number of imide groups is 1. The van der Waals surface area contributed by atoms with Crippen LogP contribution in [0.15, 0.2) is 36.4 Å². The number of hydrogen-bond acceptors (Lipinski definition) is 6. The number of hydrogen-bond donors (Lipinski definition) is 0. The summed E-state index contributed by atoms with van der Waals surface area (Å²) in [4.78, 5) is 38.1. The molecule has 2 bridgehead atoms. The van der Waals surface area contributed by atoms with E-state index in [1.807, 2.05) is 32.0 Å². The van der Waals surface area contributed by atoms with Gasteiger partial charge in [-0.15, -0.1) is 0 Å². The van der Waals surface area contributed by atoms with E-state index in [-0.39, 0.29) is 41.1 Å². The van der Waals surface area contributed by atoms with Crippen LogP contribution >= 0.6 is 0 Å². The molecule has 0 aliphatic carbocycles. The minimum absolute atomic E-state index is 0.160. The van der Waals surface area contributed by atoms with Crippen LogP contribution in [0.4, 0.5) is 11.4 Å². The molecule has 0 radical (unpaired) electrons. The lowest BCUT2D eigenvalue weighted by atomic mass is 9.81. The van der Waals surface area contributed by atoms with Gasteiger partial charge in [0.1, 0.15) is 11.5 Å². The Hall–Kier alpha value is -3.26. The molecular weight excluding hydrogens is 388 g/mol. The molecule has 0 N–H and O–H groups in total. The smallest absolute Gasteiger partial charge is 0.275 e. The van der Waals surface area contributed by atoms with Crippen LogP contribution in [-0.4, -0.2) is 28.9 Å². The zero-order valence-corrected chi connectivity index (χ0v) is 16.5. The number of fused-ring (bicyclic) bond motifs is 5. The third kappa shape index (κ3) is 2.79. The number of nitro benzene ring substituents is 1. The maximum Gasteiger partial charge on any atom is 0.275 e. The third-order valence-electron chi connectivity index (χ3n) is 6.20. The van der Waals surface area contributed by atoms with Crippen molar-refractivity contribution in [3.8, 4) is 11.5 Å². The summed E-state index contributed by atoms with van der Waals surface area (Å²) >= 11 is 0. The van der Waals surface area contributed by atoms with Gasteiger partial charge in [0.15, 0.2) is 0 Å². The van der Waals surface area contributed by atoms with E-state index in [0.29, 0.717) is 5.75 Å². The van der Waals surface area contributed by atoms with Gasteiger partial charge in [0.05, 0.1) is 40.7 Å². The van der Waals surface area contributed by atoms with E-state index >= 15 is 0 Å². The molecule has 0 saturated carbocycles. The molecule has 154 valence electrons. The number of ether oxygens (including phenoxy) is 2. The topological polar surface area (TPSA) is 99.0 Å². The highest BCUT2D eigenvalue weighted by Gasteiger charge is 2.62. The lowest BCUT2D eigenvalue weighted by molar-refractivity contribution is -0.384. The van der Waals surface area contributed by atoms with Gasteiger partial charge in [0.2, 0.25) is 11.8 Å². The second kappa shape index (κ2) is 6.63. The summed E-state index contributed by atoms with van der Waals surface area (Å²) in [5.74, 6) is -0.947. The number of carbonyl (C=O) groups excluding carboxylic acids is 2. The fourth-order valence-electron chi connectivity index (χ4n) is 4.77. The molecule has 3 aliphatic rings. The normalized spacial score (nSPS) is 26.9. The average molecular weight is 408 g/mol. The summed E-state index contributed by atoms with van der Waals surface area (Å²) in [6, 6.07) is 9.72. The largest absolute Gasteiger partial charge is 0.457 e. The number of rotatable bonds is 4. The van der Waals surface area contributed by atoms with Crippen molar-refractivity contribution in [1.82, 2.24) is 0 Å². The van der Waals surface area contributed by atoms with Crippen molar-refractivity contribution in [3.05, 3.63) is 57.6 Å². The van der Waals surface area contributed by atoms with Crippen LogP contribution in [0.2, 0.25) is 0 Å². The van der Waals surface area contributed by atoms with Gasteiger partial charge in [0.25, 0.3) is 5.69 Å². The number of amides is 2. The Morgan fingerprint density at radius 1 is 1.03 bits per heavy atom. The van der Waals surface area contributed by atoms with Crippen molar-refractivity contribution in [2.75, 3.05) is 4.90 Å². The first kappa shape index (κ1) is 18.7. The highest BCUT2D eigenvalue weighted by atomic mass is 16.6. The standard InChI is InChI=1S/C22H20N2O6/c1-11-3-4-12(2)18(7-11)29-15-9-13(8-14(10-15)24(27)28)23-21(25)19-16-5-6-17(30-16)20(19)22(23)26/h3-4,7-10,16-17,19-20H,5-6H2,1-2H3/t16-,17-,19-,20+/m1/s1. The minimum Gasteiger partial charge on any atom is -0.457 e. The fraction of sp³-hybridized carbons (Fsp3) is 0.364. The molecule has 30 heavy (non-hydrogen) atoms. The molecule has 0 unspecified atom stereocenters. The molecule has 3 aliphatic heterocycles. The summed E-state index contributed by atoms with van der Waals surface area (Å²) in [5, 5.41) is 11.5. The lowest BCUT2D eigenvalue weighted by Crippen LogP contribution is -2.34. The van der Waals surface area contributed by atoms with E-state index in [2.05, 4.69) is 0 Å². The Morgan fingerprint density at radius 2 is 1.70 bits per heavy atom. The van der Waals surface area contributed by atoms with Crippen molar-refractivity contribution in [1.29, 1.82) is 0 Å². The lowest BCUT2D eigenvalue weighted by Gasteiger charge is -2.18. The van der Waals surface area contributed by atoms with Gasteiger partial charge in [-0.1, -0.05) is 12.1 Å². The number of anilines is 1. The van der Waals surface area contributed by atoms with E-state index < -0.39 is 16.8 Å². The predicted octanol–water partition coefficient (Wildman–Crippen LogP) is 3.67. The number of aryl methyl sites for hydroxylation is 2. The number of nitrogens with zero attached hydrogens (tertiary/aromatic N) is 2. The monoisotopic (exact) mass is 408 g/mol. The van der Waals surface area contributed by atoms with Gasteiger partial charge in [-0.3, -0.25) is 19.7 Å². The summed E-state index contributed by atoms with van der Waals surface area (Å²) in [5.41, 5.74) is 1.76.